The molecule has 0 atom stereocenters. The van der Waals surface area contributed by atoms with Gasteiger partial charge in [0.1, 0.15) is 17.2 Å². The highest BCUT2D eigenvalue weighted by Gasteiger charge is 2.14. The Morgan fingerprint density at radius 2 is 1.78 bits per heavy atom. The van der Waals surface area contributed by atoms with Gasteiger partial charge in [0.05, 0.1) is 38.1 Å². The average molecular weight is 405 g/mol. The zero-order valence-electron chi connectivity index (χ0n) is 14.9. The first-order valence-corrected chi connectivity index (χ1v) is 8.64. The third-order valence-electron chi connectivity index (χ3n) is 3.82. The van der Waals surface area contributed by atoms with Crippen molar-refractivity contribution in [2.24, 2.45) is 5.10 Å². The van der Waals surface area contributed by atoms with Crippen LogP contribution < -0.4 is 14.2 Å². The number of H-pyrrole nitrogens is 1. The number of nitrogens with zero attached hydrogens (tertiary/aromatic N) is 3. The summed E-state index contributed by atoms with van der Waals surface area (Å²) in [6.45, 7) is 0. The van der Waals surface area contributed by atoms with Gasteiger partial charge in [-0.2, -0.15) is 14.9 Å². The average Bonchev–Trinajstić information content (AvgIpc) is 3.06. The lowest BCUT2D eigenvalue weighted by Gasteiger charge is -2.12. The Hall–Kier alpha value is -2.84. The molecule has 0 fully saturated rings. The van der Waals surface area contributed by atoms with E-state index in [0.717, 1.165) is 0 Å². The lowest BCUT2D eigenvalue weighted by atomic mass is 10.2. The predicted molar refractivity (Wildman–Crippen MR) is 107 cm³/mol. The van der Waals surface area contributed by atoms with E-state index < -0.39 is 0 Å². The van der Waals surface area contributed by atoms with Crippen LogP contribution in [0.4, 0.5) is 0 Å². The van der Waals surface area contributed by atoms with E-state index in [2.05, 4.69) is 15.3 Å². The highest BCUT2D eigenvalue weighted by molar-refractivity contribution is 7.71. The number of methoxy groups -OCH3 is 3. The second-order valence-corrected chi connectivity index (χ2v) is 6.13. The van der Waals surface area contributed by atoms with Crippen molar-refractivity contribution < 1.29 is 14.2 Å². The Morgan fingerprint density at radius 3 is 2.37 bits per heavy atom. The topological polar surface area (TPSA) is 73.7 Å². The molecule has 0 spiro atoms. The third-order valence-corrected chi connectivity index (χ3v) is 4.41. The maximum atomic E-state index is 6.28. The van der Waals surface area contributed by atoms with Crippen molar-refractivity contribution in [1.82, 2.24) is 14.9 Å². The van der Waals surface area contributed by atoms with Crippen LogP contribution in [0.25, 0.3) is 11.4 Å². The number of hydrogen-bond donors (Lipinski definition) is 1. The predicted octanol–water partition coefficient (Wildman–Crippen LogP) is 4.17. The van der Waals surface area contributed by atoms with Crippen molar-refractivity contribution >= 4 is 30.0 Å². The van der Waals surface area contributed by atoms with Crippen LogP contribution in [-0.2, 0) is 0 Å². The maximum absolute atomic E-state index is 6.28. The molecule has 3 aromatic rings. The van der Waals surface area contributed by atoms with E-state index in [1.807, 2.05) is 18.2 Å². The van der Waals surface area contributed by atoms with Gasteiger partial charge in [-0.05, 0) is 24.4 Å². The molecule has 7 nitrogen and oxygen atoms in total. The number of benzene rings is 2. The summed E-state index contributed by atoms with van der Waals surface area (Å²) in [5.41, 5.74) is 1.34. The van der Waals surface area contributed by atoms with Gasteiger partial charge >= 0.3 is 0 Å². The summed E-state index contributed by atoms with van der Waals surface area (Å²) in [5.74, 6) is 2.19. The van der Waals surface area contributed by atoms with E-state index in [4.69, 9.17) is 38.0 Å². The number of aromatic nitrogens is 3. The molecular weight excluding hydrogens is 388 g/mol. The number of hydrogen-bond acceptors (Lipinski definition) is 6. The van der Waals surface area contributed by atoms with Gasteiger partial charge in [0.2, 0.25) is 4.77 Å². The van der Waals surface area contributed by atoms with E-state index in [9.17, 15) is 0 Å². The number of halogens is 1. The quantitative estimate of drug-likeness (QED) is 0.493. The molecule has 0 unspecified atom stereocenters. The SMILES string of the molecule is COc1cc(OC)c(/C=N\n2c(-c3ccccc3Cl)n[nH]c2=S)c(OC)c1. The fraction of sp³-hybridized carbons (Fsp3) is 0.167. The van der Waals surface area contributed by atoms with Crippen molar-refractivity contribution in [2.75, 3.05) is 21.3 Å². The first kappa shape index (κ1) is 18.9. The summed E-state index contributed by atoms with van der Waals surface area (Å²) in [4.78, 5) is 0. The molecule has 9 heteroatoms. The van der Waals surface area contributed by atoms with Crippen molar-refractivity contribution in [3.8, 4) is 28.6 Å². The Balaban J connectivity index is 2.10. The Labute approximate surface area is 166 Å². The third kappa shape index (κ3) is 3.81. The van der Waals surface area contributed by atoms with Crippen LogP contribution in [0.2, 0.25) is 5.02 Å². The largest absolute Gasteiger partial charge is 0.496 e. The highest BCUT2D eigenvalue weighted by Crippen LogP contribution is 2.33. The Kier molecular flexibility index (Phi) is 5.78. The lowest BCUT2D eigenvalue weighted by Crippen LogP contribution is -2.00. The van der Waals surface area contributed by atoms with Crippen LogP contribution in [0.5, 0.6) is 17.2 Å². The molecule has 2 aromatic carbocycles. The van der Waals surface area contributed by atoms with Crippen LogP contribution in [0.1, 0.15) is 5.56 Å². The van der Waals surface area contributed by atoms with Gasteiger partial charge in [-0.15, -0.1) is 0 Å². The van der Waals surface area contributed by atoms with Gasteiger partial charge in [0, 0.05) is 17.7 Å². The van der Waals surface area contributed by atoms with Gasteiger partial charge in [0.25, 0.3) is 0 Å². The summed E-state index contributed by atoms with van der Waals surface area (Å²) in [6.07, 6.45) is 1.59. The van der Waals surface area contributed by atoms with Crippen molar-refractivity contribution in [3.63, 3.8) is 0 Å². The minimum absolute atomic E-state index is 0.326. The molecule has 0 bridgehead atoms. The molecule has 1 N–H and O–H groups in total. The molecule has 1 heterocycles. The molecule has 0 saturated heterocycles. The molecule has 0 aliphatic rings. The molecule has 0 amide bonds. The molecule has 1 aromatic heterocycles. The van der Waals surface area contributed by atoms with Crippen LogP contribution in [-0.4, -0.2) is 42.4 Å². The first-order valence-electron chi connectivity index (χ1n) is 7.85. The van der Waals surface area contributed by atoms with Gasteiger partial charge in [-0.3, -0.25) is 0 Å². The minimum Gasteiger partial charge on any atom is -0.496 e. The first-order chi connectivity index (χ1) is 13.1. The van der Waals surface area contributed by atoms with Gasteiger partial charge < -0.3 is 14.2 Å². The summed E-state index contributed by atoms with van der Waals surface area (Å²) in [7, 11) is 4.69. The molecule has 3 rings (SSSR count). The number of rotatable bonds is 6. The lowest BCUT2D eigenvalue weighted by molar-refractivity contribution is 0.374. The van der Waals surface area contributed by atoms with Crippen LogP contribution in [0.3, 0.4) is 0 Å². The zero-order valence-corrected chi connectivity index (χ0v) is 16.5. The standard InChI is InChI=1S/C18H17ClN4O3S/c1-24-11-8-15(25-2)13(16(9-11)26-3)10-20-23-17(21-22-18(23)27)12-6-4-5-7-14(12)19/h4-10H,1-3H3,(H,22,27)/b20-10-. The van der Waals surface area contributed by atoms with E-state index in [-0.39, 0.29) is 0 Å². The van der Waals surface area contributed by atoms with E-state index in [1.165, 1.54) is 4.68 Å². The van der Waals surface area contributed by atoms with E-state index in [1.54, 1.807) is 45.7 Å². The second kappa shape index (κ2) is 8.24. The fourth-order valence-electron chi connectivity index (χ4n) is 2.49. The summed E-state index contributed by atoms with van der Waals surface area (Å²) in [5, 5.41) is 12.0. The zero-order chi connectivity index (χ0) is 19.4. The molecule has 27 heavy (non-hydrogen) atoms. The highest BCUT2D eigenvalue weighted by atomic mass is 35.5. The molecule has 140 valence electrons. The number of ether oxygens (including phenoxy) is 3. The summed E-state index contributed by atoms with van der Waals surface area (Å²) < 4.78 is 17.9. The van der Waals surface area contributed by atoms with E-state index in [0.29, 0.717) is 44.0 Å². The minimum atomic E-state index is 0.326. The fourth-order valence-corrected chi connectivity index (χ4v) is 2.89. The summed E-state index contributed by atoms with van der Waals surface area (Å²) in [6, 6.07) is 10.8. The van der Waals surface area contributed by atoms with E-state index >= 15 is 0 Å². The smallest absolute Gasteiger partial charge is 0.216 e. The van der Waals surface area contributed by atoms with Crippen LogP contribution in [0, 0.1) is 4.77 Å². The normalized spacial score (nSPS) is 11.0. The number of aromatic amines is 1. The van der Waals surface area contributed by atoms with Crippen molar-refractivity contribution in [3.05, 3.63) is 51.8 Å². The van der Waals surface area contributed by atoms with Gasteiger partial charge in [0.15, 0.2) is 5.82 Å². The molecule has 0 radical (unpaired) electrons. The van der Waals surface area contributed by atoms with Crippen molar-refractivity contribution in [2.45, 2.75) is 0 Å². The Morgan fingerprint density at radius 1 is 1.11 bits per heavy atom. The van der Waals surface area contributed by atoms with Crippen LogP contribution in [0.15, 0.2) is 41.5 Å². The number of nitrogens with one attached hydrogen (secondary N) is 1. The maximum Gasteiger partial charge on any atom is 0.216 e. The molecule has 0 aliphatic carbocycles. The molecule has 0 saturated carbocycles. The van der Waals surface area contributed by atoms with Crippen molar-refractivity contribution in [1.29, 1.82) is 0 Å². The van der Waals surface area contributed by atoms with Crippen LogP contribution >= 0.6 is 23.8 Å². The monoisotopic (exact) mass is 404 g/mol. The summed E-state index contributed by atoms with van der Waals surface area (Å²) >= 11 is 11.6. The molecular formula is C18H17ClN4O3S. The molecule has 0 aliphatic heterocycles. The van der Waals surface area contributed by atoms with Gasteiger partial charge in [-0.25, -0.2) is 5.10 Å². The van der Waals surface area contributed by atoms with Gasteiger partial charge in [-0.1, -0.05) is 23.7 Å². The second-order valence-electron chi connectivity index (χ2n) is 5.33. The Bertz CT molecular complexity index is 1020.